The molecule has 132 valence electrons. The maximum atomic E-state index is 10.7. The van der Waals surface area contributed by atoms with Crippen LogP contribution in [0.2, 0.25) is 0 Å². The van der Waals surface area contributed by atoms with E-state index >= 15 is 0 Å². The zero-order valence-corrected chi connectivity index (χ0v) is 15.9. The van der Waals surface area contributed by atoms with E-state index in [2.05, 4.69) is 45.9 Å². The van der Waals surface area contributed by atoms with Gasteiger partial charge in [0.2, 0.25) is 0 Å². The monoisotopic (exact) mass is 318 g/mol. The van der Waals surface area contributed by atoms with Crippen molar-refractivity contribution in [3.05, 3.63) is 29.3 Å². The maximum absolute atomic E-state index is 10.7. The minimum atomic E-state index is 0.581. The van der Waals surface area contributed by atoms with E-state index in [1.165, 1.54) is 51.4 Å². The van der Waals surface area contributed by atoms with Crippen LogP contribution in [0.15, 0.2) is 18.2 Å². The Labute approximate surface area is 144 Å². The fraction of sp³-hybridized carbons (Fsp3) is 0.727. The first kappa shape index (κ1) is 20.1. The lowest BCUT2D eigenvalue weighted by Crippen LogP contribution is -2.07. The second-order valence-corrected chi connectivity index (χ2v) is 7.17. The number of phenols is 1. The molecule has 2 unspecified atom stereocenters. The van der Waals surface area contributed by atoms with Crippen molar-refractivity contribution in [2.24, 2.45) is 11.8 Å². The molecule has 0 aliphatic heterocycles. The topological polar surface area (TPSA) is 20.2 Å². The first-order valence-electron chi connectivity index (χ1n) is 9.95. The van der Waals surface area contributed by atoms with Crippen LogP contribution in [-0.4, -0.2) is 5.11 Å². The molecule has 0 aliphatic carbocycles. The molecule has 0 aromatic heterocycles. The predicted molar refractivity (Wildman–Crippen MR) is 102 cm³/mol. The van der Waals surface area contributed by atoms with E-state index in [9.17, 15) is 5.11 Å². The Morgan fingerprint density at radius 1 is 0.783 bits per heavy atom. The van der Waals surface area contributed by atoms with Crippen molar-refractivity contribution in [3.8, 4) is 5.75 Å². The van der Waals surface area contributed by atoms with E-state index in [0.717, 1.165) is 24.0 Å². The predicted octanol–water partition coefficient (Wildman–Crippen LogP) is 6.91. The number of phenolic OH excluding ortho intramolecular Hbond substituents is 1. The van der Waals surface area contributed by atoms with Crippen LogP contribution in [0.3, 0.4) is 0 Å². The van der Waals surface area contributed by atoms with Gasteiger partial charge in [0, 0.05) is 0 Å². The Balaban J connectivity index is 2.76. The fourth-order valence-electron chi connectivity index (χ4n) is 3.48. The Bertz CT molecular complexity index is 388. The van der Waals surface area contributed by atoms with Crippen molar-refractivity contribution >= 4 is 0 Å². The number of hydrogen-bond acceptors (Lipinski definition) is 1. The number of benzene rings is 1. The highest BCUT2D eigenvalue weighted by molar-refractivity contribution is 5.40. The molecule has 2 atom stereocenters. The van der Waals surface area contributed by atoms with E-state index in [4.69, 9.17) is 0 Å². The van der Waals surface area contributed by atoms with Gasteiger partial charge in [-0.3, -0.25) is 0 Å². The molecule has 0 fully saturated rings. The van der Waals surface area contributed by atoms with Crippen LogP contribution in [0, 0.1) is 11.8 Å². The molecule has 0 spiro atoms. The van der Waals surface area contributed by atoms with Gasteiger partial charge in [0.1, 0.15) is 5.75 Å². The van der Waals surface area contributed by atoms with Crippen molar-refractivity contribution in [1.29, 1.82) is 0 Å². The second kappa shape index (κ2) is 11.5. The van der Waals surface area contributed by atoms with Gasteiger partial charge in [0.25, 0.3) is 0 Å². The molecule has 1 nitrogen and oxygen atoms in total. The molecule has 23 heavy (non-hydrogen) atoms. The third kappa shape index (κ3) is 6.97. The molecule has 1 aromatic rings. The maximum Gasteiger partial charge on any atom is 0.121 e. The van der Waals surface area contributed by atoms with Crippen LogP contribution in [0.5, 0.6) is 5.75 Å². The Kier molecular flexibility index (Phi) is 10.1. The van der Waals surface area contributed by atoms with Crippen molar-refractivity contribution in [1.82, 2.24) is 0 Å². The Hall–Kier alpha value is -0.980. The molecular weight excluding hydrogens is 280 g/mol. The molecule has 0 bridgehead atoms. The molecular formula is C22H38O. The Morgan fingerprint density at radius 3 is 1.57 bits per heavy atom. The highest BCUT2D eigenvalue weighted by Crippen LogP contribution is 2.30. The minimum Gasteiger partial charge on any atom is -0.507 e. The zero-order valence-electron chi connectivity index (χ0n) is 15.9. The number of unbranched alkanes of at least 4 members (excludes halogenated alkanes) is 2. The van der Waals surface area contributed by atoms with Gasteiger partial charge in [-0.05, 0) is 35.8 Å². The van der Waals surface area contributed by atoms with Crippen molar-refractivity contribution in [2.75, 3.05) is 0 Å². The average Bonchev–Trinajstić information content (AvgIpc) is 2.57. The standard InChI is InChI=1S/C22H38O/c1-5-9-12-18(7-3)16-20-14-11-15-21(22(20)23)17-19(8-4)13-10-6-2/h11,14-15,18-19,23H,5-10,12-13,16-17H2,1-4H3. The summed E-state index contributed by atoms with van der Waals surface area (Å²) in [4.78, 5) is 0. The molecule has 0 amide bonds. The van der Waals surface area contributed by atoms with Gasteiger partial charge in [-0.1, -0.05) is 97.3 Å². The number of hydrogen-bond donors (Lipinski definition) is 1. The lowest BCUT2D eigenvalue weighted by atomic mass is 9.88. The van der Waals surface area contributed by atoms with Gasteiger partial charge in [-0.15, -0.1) is 0 Å². The normalized spacial score (nSPS) is 13.9. The largest absolute Gasteiger partial charge is 0.507 e. The summed E-state index contributed by atoms with van der Waals surface area (Å²) >= 11 is 0. The summed E-state index contributed by atoms with van der Waals surface area (Å²) < 4.78 is 0. The number of para-hydroxylation sites is 1. The van der Waals surface area contributed by atoms with Gasteiger partial charge >= 0.3 is 0 Å². The van der Waals surface area contributed by atoms with Crippen LogP contribution in [-0.2, 0) is 12.8 Å². The fourth-order valence-corrected chi connectivity index (χ4v) is 3.48. The summed E-state index contributed by atoms with van der Waals surface area (Å²) in [5.41, 5.74) is 2.33. The second-order valence-electron chi connectivity index (χ2n) is 7.17. The van der Waals surface area contributed by atoms with Crippen LogP contribution >= 0.6 is 0 Å². The Morgan fingerprint density at radius 2 is 1.22 bits per heavy atom. The smallest absolute Gasteiger partial charge is 0.121 e. The lowest BCUT2D eigenvalue weighted by Gasteiger charge is -2.19. The SMILES string of the molecule is CCCCC(CC)Cc1cccc(CC(CC)CCCC)c1O. The van der Waals surface area contributed by atoms with Crippen molar-refractivity contribution in [2.45, 2.75) is 91.9 Å². The first-order valence-corrected chi connectivity index (χ1v) is 9.95. The summed E-state index contributed by atoms with van der Waals surface area (Å²) in [6.07, 6.45) is 12.2. The van der Waals surface area contributed by atoms with Gasteiger partial charge in [-0.2, -0.15) is 0 Å². The van der Waals surface area contributed by atoms with E-state index in [0.29, 0.717) is 17.6 Å². The summed E-state index contributed by atoms with van der Waals surface area (Å²) in [6, 6.07) is 6.39. The van der Waals surface area contributed by atoms with E-state index in [1.54, 1.807) is 0 Å². The van der Waals surface area contributed by atoms with E-state index < -0.39 is 0 Å². The number of rotatable bonds is 12. The van der Waals surface area contributed by atoms with Crippen LogP contribution in [0.4, 0.5) is 0 Å². The minimum absolute atomic E-state index is 0.581. The molecule has 0 saturated carbocycles. The molecule has 1 heteroatoms. The first-order chi connectivity index (χ1) is 11.2. The van der Waals surface area contributed by atoms with Crippen molar-refractivity contribution in [3.63, 3.8) is 0 Å². The molecule has 0 radical (unpaired) electrons. The summed E-state index contributed by atoms with van der Waals surface area (Å²) in [5, 5.41) is 10.7. The average molecular weight is 319 g/mol. The van der Waals surface area contributed by atoms with Crippen molar-refractivity contribution < 1.29 is 5.11 Å². The molecule has 1 aromatic carbocycles. The van der Waals surface area contributed by atoms with Crippen LogP contribution in [0.25, 0.3) is 0 Å². The van der Waals surface area contributed by atoms with E-state index in [1.807, 2.05) is 0 Å². The summed E-state index contributed by atoms with van der Waals surface area (Å²) in [6.45, 7) is 9.07. The summed E-state index contributed by atoms with van der Waals surface area (Å²) in [5.74, 6) is 1.99. The zero-order chi connectivity index (χ0) is 17.1. The van der Waals surface area contributed by atoms with Gasteiger partial charge < -0.3 is 5.11 Å². The highest BCUT2D eigenvalue weighted by atomic mass is 16.3. The quantitative estimate of drug-likeness (QED) is 0.444. The van der Waals surface area contributed by atoms with Crippen LogP contribution in [0.1, 0.15) is 90.2 Å². The lowest BCUT2D eigenvalue weighted by molar-refractivity contribution is 0.410. The van der Waals surface area contributed by atoms with E-state index in [-0.39, 0.29) is 0 Å². The van der Waals surface area contributed by atoms with Gasteiger partial charge in [-0.25, -0.2) is 0 Å². The third-order valence-electron chi connectivity index (χ3n) is 5.31. The van der Waals surface area contributed by atoms with Gasteiger partial charge in [0.15, 0.2) is 0 Å². The van der Waals surface area contributed by atoms with Gasteiger partial charge in [0.05, 0.1) is 0 Å². The molecule has 0 saturated heterocycles. The van der Waals surface area contributed by atoms with Crippen LogP contribution < -0.4 is 0 Å². The number of aromatic hydroxyl groups is 1. The molecule has 1 rings (SSSR count). The highest BCUT2D eigenvalue weighted by Gasteiger charge is 2.15. The third-order valence-corrected chi connectivity index (χ3v) is 5.31. The summed E-state index contributed by atoms with van der Waals surface area (Å²) in [7, 11) is 0. The molecule has 0 aliphatic rings. The molecule has 0 heterocycles. The molecule has 1 N–H and O–H groups in total.